The van der Waals surface area contributed by atoms with E-state index in [1.807, 2.05) is 4.90 Å². The fraction of sp³-hybridized carbons (Fsp3) is 1.00. The van der Waals surface area contributed by atoms with E-state index in [1.165, 1.54) is 0 Å². The molecule has 0 aromatic heterocycles. The molecule has 1 saturated heterocycles. The van der Waals surface area contributed by atoms with Crippen LogP contribution in [0.25, 0.3) is 0 Å². The lowest BCUT2D eigenvalue weighted by Gasteiger charge is -2.34. The Kier molecular flexibility index (Phi) is 6.13. The summed E-state index contributed by atoms with van der Waals surface area (Å²) < 4.78 is 37.8. The van der Waals surface area contributed by atoms with E-state index in [9.17, 15) is 13.2 Å². The molecule has 0 bridgehead atoms. The van der Waals surface area contributed by atoms with Crippen molar-refractivity contribution in [3.05, 3.63) is 0 Å². The van der Waals surface area contributed by atoms with E-state index in [4.69, 9.17) is 0 Å². The van der Waals surface area contributed by atoms with Gasteiger partial charge in [0, 0.05) is 6.54 Å². The third-order valence-corrected chi connectivity index (χ3v) is 3.79. The lowest BCUT2D eigenvalue weighted by atomic mass is 9.96. The molecular weight excluding hydrogens is 247 g/mol. The third kappa shape index (κ3) is 5.51. The van der Waals surface area contributed by atoms with Gasteiger partial charge < -0.3 is 4.90 Å². The van der Waals surface area contributed by atoms with E-state index in [0.29, 0.717) is 18.8 Å². The van der Waals surface area contributed by atoms with Crippen molar-refractivity contribution in [2.45, 2.75) is 38.8 Å². The Balaban J connectivity index is 2.30. The summed E-state index contributed by atoms with van der Waals surface area (Å²) in [5, 5.41) is 0. The molecule has 102 valence electrons. The molecule has 1 heterocycles. The van der Waals surface area contributed by atoms with E-state index in [0.717, 1.165) is 31.7 Å². The van der Waals surface area contributed by atoms with Crippen molar-refractivity contribution >= 4 is 12.6 Å². The van der Waals surface area contributed by atoms with Crippen LogP contribution in [0, 0.1) is 11.8 Å². The highest BCUT2D eigenvalue weighted by Crippen LogP contribution is 2.33. The number of nitrogens with zero attached hydrogens (tertiary/aromatic N) is 1. The minimum absolute atomic E-state index is 0.192. The van der Waals surface area contributed by atoms with E-state index in [2.05, 4.69) is 19.6 Å². The van der Waals surface area contributed by atoms with Gasteiger partial charge in [-0.2, -0.15) is 25.8 Å². The molecule has 2 atom stereocenters. The van der Waals surface area contributed by atoms with Gasteiger partial charge in [-0.25, -0.2) is 0 Å². The smallest absolute Gasteiger partial charge is 0.303 e. The molecule has 0 spiro atoms. The molecule has 1 aliphatic rings. The predicted molar refractivity (Wildman–Crippen MR) is 67.5 cm³/mol. The van der Waals surface area contributed by atoms with Crippen LogP contribution < -0.4 is 0 Å². The van der Waals surface area contributed by atoms with Crippen LogP contribution in [-0.2, 0) is 0 Å². The van der Waals surface area contributed by atoms with Crippen LogP contribution in [0.2, 0.25) is 0 Å². The van der Waals surface area contributed by atoms with Gasteiger partial charge >= 0.3 is 6.18 Å². The Morgan fingerprint density at radius 3 is 2.65 bits per heavy atom. The van der Waals surface area contributed by atoms with Crippen LogP contribution in [0.1, 0.15) is 32.6 Å². The van der Waals surface area contributed by atoms with Gasteiger partial charge in [0.25, 0.3) is 0 Å². The molecule has 0 aliphatic carbocycles. The van der Waals surface area contributed by atoms with Gasteiger partial charge in [-0.05, 0) is 50.4 Å². The number of rotatable bonds is 5. The summed E-state index contributed by atoms with van der Waals surface area (Å²) in [6.07, 6.45) is -1.03. The van der Waals surface area contributed by atoms with E-state index in [1.54, 1.807) is 0 Å². The second-order valence-electron chi connectivity index (χ2n) is 5.09. The van der Waals surface area contributed by atoms with Gasteiger partial charge in [0.15, 0.2) is 0 Å². The Hall–Kier alpha value is 0.100. The van der Waals surface area contributed by atoms with Crippen molar-refractivity contribution in [1.82, 2.24) is 4.90 Å². The maximum absolute atomic E-state index is 12.6. The molecule has 5 heteroatoms. The van der Waals surface area contributed by atoms with Gasteiger partial charge in [-0.1, -0.05) is 6.92 Å². The van der Waals surface area contributed by atoms with Crippen molar-refractivity contribution < 1.29 is 13.2 Å². The van der Waals surface area contributed by atoms with E-state index in [-0.39, 0.29) is 6.54 Å². The maximum Gasteiger partial charge on any atom is 0.393 e. The van der Waals surface area contributed by atoms with Gasteiger partial charge in [-0.15, -0.1) is 0 Å². The first-order valence-corrected chi connectivity index (χ1v) is 6.96. The van der Waals surface area contributed by atoms with Crippen LogP contribution >= 0.6 is 12.6 Å². The topological polar surface area (TPSA) is 3.24 Å². The Labute approximate surface area is 107 Å². The second kappa shape index (κ2) is 6.88. The van der Waals surface area contributed by atoms with Crippen molar-refractivity contribution in [1.29, 1.82) is 0 Å². The van der Waals surface area contributed by atoms with Gasteiger partial charge in [0.2, 0.25) is 0 Å². The average molecular weight is 269 g/mol. The van der Waals surface area contributed by atoms with Crippen LogP contribution in [0.4, 0.5) is 13.2 Å². The zero-order valence-corrected chi connectivity index (χ0v) is 11.2. The molecule has 1 rings (SSSR count). The number of thiol groups is 1. The molecule has 17 heavy (non-hydrogen) atoms. The van der Waals surface area contributed by atoms with E-state index >= 15 is 0 Å². The van der Waals surface area contributed by atoms with Gasteiger partial charge in [0.05, 0.1) is 5.92 Å². The number of hydrogen-bond acceptors (Lipinski definition) is 2. The lowest BCUT2D eigenvalue weighted by molar-refractivity contribution is -0.186. The van der Waals surface area contributed by atoms with Crippen LogP contribution in [0.3, 0.4) is 0 Å². The summed E-state index contributed by atoms with van der Waals surface area (Å²) in [5.74, 6) is 0.294. The monoisotopic (exact) mass is 269 g/mol. The summed E-state index contributed by atoms with van der Waals surface area (Å²) in [5.41, 5.74) is 0. The molecule has 1 fully saturated rings. The number of hydrogen-bond donors (Lipinski definition) is 1. The minimum Gasteiger partial charge on any atom is -0.303 e. The first kappa shape index (κ1) is 15.2. The summed E-state index contributed by atoms with van der Waals surface area (Å²) in [6.45, 7) is 3.94. The number of piperidine rings is 1. The molecule has 0 aromatic rings. The standard InChI is InChI=1S/C12H22F3NS/c1-10(5-8-17)4-7-16-6-2-3-11(9-16)12(13,14)15/h10-11,17H,2-9H2,1H3. The van der Waals surface area contributed by atoms with Gasteiger partial charge in [-0.3, -0.25) is 0 Å². The predicted octanol–water partition coefficient (Wildman–Crippen LogP) is 3.61. The summed E-state index contributed by atoms with van der Waals surface area (Å²) in [4.78, 5) is 1.97. The highest BCUT2D eigenvalue weighted by Gasteiger charge is 2.41. The number of halogens is 3. The lowest BCUT2D eigenvalue weighted by Crippen LogP contribution is -2.42. The SMILES string of the molecule is CC(CCS)CCN1CCCC(C(F)(F)F)C1. The Morgan fingerprint density at radius 1 is 1.35 bits per heavy atom. The molecule has 1 aliphatic heterocycles. The summed E-state index contributed by atoms with van der Waals surface area (Å²) in [7, 11) is 0. The zero-order chi connectivity index (χ0) is 12.9. The van der Waals surface area contributed by atoms with Crippen molar-refractivity contribution in [2.24, 2.45) is 11.8 Å². The maximum atomic E-state index is 12.6. The fourth-order valence-electron chi connectivity index (χ4n) is 2.29. The molecule has 0 N–H and O–H groups in total. The third-order valence-electron chi connectivity index (χ3n) is 3.53. The minimum atomic E-state index is -4.02. The van der Waals surface area contributed by atoms with Crippen molar-refractivity contribution in [2.75, 3.05) is 25.4 Å². The molecular formula is C12H22F3NS. The van der Waals surface area contributed by atoms with Crippen molar-refractivity contribution in [3.8, 4) is 0 Å². The zero-order valence-electron chi connectivity index (χ0n) is 10.3. The number of alkyl halides is 3. The average Bonchev–Trinajstić information content (AvgIpc) is 2.26. The van der Waals surface area contributed by atoms with Crippen LogP contribution in [0.5, 0.6) is 0 Å². The first-order chi connectivity index (χ1) is 7.93. The molecule has 0 radical (unpaired) electrons. The molecule has 1 nitrogen and oxygen atoms in total. The van der Waals surface area contributed by atoms with Gasteiger partial charge in [0.1, 0.15) is 0 Å². The Bertz CT molecular complexity index is 220. The quantitative estimate of drug-likeness (QED) is 0.746. The van der Waals surface area contributed by atoms with Crippen molar-refractivity contribution in [3.63, 3.8) is 0 Å². The molecule has 0 amide bonds. The highest BCUT2D eigenvalue weighted by atomic mass is 32.1. The molecule has 0 saturated carbocycles. The second-order valence-corrected chi connectivity index (χ2v) is 5.53. The van der Waals surface area contributed by atoms with E-state index < -0.39 is 12.1 Å². The first-order valence-electron chi connectivity index (χ1n) is 6.33. The fourth-order valence-corrected chi connectivity index (χ4v) is 2.73. The Morgan fingerprint density at radius 2 is 2.06 bits per heavy atom. The highest BCUT2D eigenvalue weighted by molar-refractivity contribution is 7.80. The molecule has 2 unspecified atom stereocenters. The normalized spacial score (nSPS) is 24.9. The largest absolute Gasteiger partial charge is 0.393 e. The summed E-state index contributed by atoms with van der Waals surface area (Å²) in [6, 6.07) is 0. The van der Waals surface area contributed by atoms with Crippen LogP contribution in [-0.4, -0.2) is 36.5 Å². The number of likely N-dealkylation sites (tertiary alicyclic amines) is 1. The summed E-state index contributed by atoms with van der Waals surface area (Å²) >= 11 is 4.17. The molecule has 0 aromatic carbocycles. The van der Waals surface area contributed by atoms with Crippen LogP contribution in [0.15, 0.2) is 0 Å².